The number of aromatic nitrogens is 2. The number of hydrogen-bond donors (Lipinski definition) is 1. The van der Waals surface area contributed by atoms with Crippen molar-refractivity contribution >= 4 is 21.7 Å². The molecule has 0 radical (unpaired) electrons. The van der Waals surface area contributed by atoms with E-state index in [4.69, 9.17) is 0 Å². The smallest absolute Gasteiger partial charge is 0.130 e. The number of hydrogen-bond acceptors (Lipinski definition) is 3. The number of nitrogens with zero attached hydrogens (tertiary/aromatic N) is 2. The molecule has 0 amide bonds. The van der Waals surface area contributed by atoms with E-state index < -0.39 is 0 Å². The molecule has 0 unspecified atom stereocenters. The van der Waals surface area contributed by atoms with Crippen LogP contribution < -0.4 is 5.32 Å². The lowest BCUT2D eigenvalue weighted by atomic mass is 10.1. The molecule has 1 aromatic rings. The van der Waals surface area contributed by atoms with Crippen LogP contribution in [0, 0.1) is 0 Å². The van der Waals surface area contributed by atoms with Gasteiger partial charge in [-0.05, 0) is 22.4 Å². The first-order valence-corrected chi connectivity index (χ1v) is 7.83. The molecule has 1 heterocycles. The highest BCUT2D eigenvalue weighted by molar-refractivity contribution is 9.10. The van der Waals surface area contributed by atoms with E-state index >= 15 is 0 Å². The summed E-state index contributed by atoms with van der Waals surface area (Å²) in [6, 6.07) is 1.91. The highest BCUT2D eigenvalue weighted by Crippen LogP contribution is 2.11. The normalized spacial score (nSPS) is 10.6. The van der Waals surface area contributed by atoms with Crippen LogP contribution in [0.2, 0.25) is 0 Å². The van der Waals surface area contributed by atoms with Crippen LogP contribution >= 0.6 is 15.9 Å². The van der Waals surface area contributed by atoms with Crippen molar-refractivity contribution in [3.63, 3.8) is 0 Å². The average Bonchev–Trinajstić information content (AvgIpc) is 2.37. The van der Waals surface area contributed by atoms with Gasteiger partial charge in [0.15, 0.2) is 0 Å². The van der Waals surface area contributed by atoms with Crippen LogP contribution in [0.4, 0.5) is 5.82 Å². The molecule has 0 aliphatic carbocycles. The second kappa shape index (κ2) is 10.3. The molecule has 0 spiro atoms. The van der Waals surface area contributed by atoms with Gasteiger partial charge < -0.3 is 5.32 Å². The summed E-state index contributed by atoms with van der Waals surface area (Å²) in [4.78, 5) is 8.15. The maximum atomic E-state index is 4.16. The monoisotopic (exact) mass is 313 g/mol. The Labute approximate surface area is 119 Å². The first kappa shape index (κ1) is 15.4. The van der Waals surface area contributed by atoms with Crippen molar-refractivity contribution in [3.05, 3.63) is 17.0 Å². The topological polar surface area (TPSA) is 37.8 Å². The molecule has 1 rings (SSSR count). The summed E-state index contributed by atoms with van der Waals surface area (Å²) in [5, 5.41) is 3.32. The van der Waals surface area contributed by atoms with Crippen molar-refractivity contribution in [2.75, 3.05) is 11.9 Å². The lowest BCUT2D eigenvalue weighted by molar-refractivity contribution is 0.581. The molecule has 0 aliphatic heterocycles. The number of anilines is 1. The first-order valence-electron chi connectivity index (χ1n) is 7.04. The summed E-state index contributed by atoms with van der Waals surface area (Å²) in [6.45, 7) is 3.26. The van der Waals surface area contributed by atoms with Crippen molar-refractivity contribution in [3.8, 4) is 0 Å². The summed E-state index contributed by atoms with van der Waals surface area (Å²) in [5.74, 6) is 0.903. The summed E-state index contributed by atoms with van der Waals surface area (Å²) in [6.07, 6.45) is 12.4. The molecule has 0 fully saturated rings. The zero-order chi connectivity index (χ0) is 13.1. The minimum atomic E-state index is 0.830. The fourth-order valence-corrected chi connectivity index (χ4v) is 2.21. The Morgan fingerprint density at radius 2 is 1.67 bits per heavy atom. The molecule has 18 heavy (non-hydrogen) atoms. The summed E-state index contributed by atoms with van der Waals surface area (Å²) in [7, 11) is 0. The van der Waals surface area contributed by atoms with Gasteiger partial charge in [0, 0.05) is 12.6 Å². The van der Waals surface area contributed by atoms with Gasteiger partial charge >= 0.3 is 0 Å². The van der Waals surface area contributed by atoms with E-state index in [1.54, 1.807) is 6.33 Å². The van der Waals surface area contributed by atoms with Gasteiger partial charge in [0.1, 0.15) is 16.7 Å². The maximum absolute atomic E-state index is 4.16. The van der Waals surface area contributed by atoms with Gasteiger partial charge in [-0.3, -0.25) is 0 Å². The van der Waals surface area contributed by atoms with Crippen LogP contribution in [0.25, 0.3) is 0 Å². The standard InChI is InChI=1S/C14H24BrN3/c1-2-3-4-5-6-7-8-9-10-16-14-11-13(15)17-12-18-14/h11-12H,2-10H2,1H3,(H,16,17,18). The van der Waals surface area contributed by atoms with E-state index in [9.17, 15) is 0 Å². The fraction of sp³-hybridized carbons (Fsp3) is 0.714. The van der Waals surface area contributed by atoms with Gasteiger partial charge in [0.2, 0.25) is 0 Å². The van der Waals surface area contributed by atoms with Crippen molar-refractivity contribution in [1.82, 2.24) is 9.97 Å². The van der Waals surface area contributed by atoms with Crippen LogP contribution in [-0.2, 0) is 0 Å². The zero-order valence-electron chi connectivity index (χ0n) is 11.3. The van der Waals surface area contributed by atoms with E-state index in [1.807, 2.05) is 6.07 Å². The van der Waals surface area contributed by atoms with Crippen molar-refractivity contribution in [2.45, 2.75) is 58.3 Å². The molecule has 0 bridgehead atoms. The van der Waals surface area contributed by atoms with Crippen molar-refractivity contribution < 1.29 is 0 Å². The van der Waals surface area contributed by atoms with E-state index in [-0.39, 0.29) is 0 Å². The fourth-order valence-electron chi connectivity index (χ4n) is 1.91. The Kier molecular flexibility index (Phi) is 8.82. The summed E-state index contributed by atoms with van der Waals surface area (Å²) >= 11 is 3.33. The molecule has 4 heteroatoms. The van der Waals surface area contributed by atoms with E-state index in [0.29, 0.717) is 0 Å². The quantitative estimate of drug-likeness (QED) is 0.498. The number of rotatable bonds is 10. The zero-order valence-corrected chi connectivity index (χ0v) is 12.9. The molecule has 0 aliphatic rings. The maximum Gasteiger partial charge on any atom is 0.130 e. The van der Waals surface area contributed by atoms with E-state index in [2.05, 4.69) is 38.1 Å². The van der Waals surface area contributed by atoms with Gasteiger partial charge in [0.05, 0.1) is 0 Å². The minimum absolute atomic E-state index is 0.830. The van der Waals surface area contributed by atoms with Gasteiger partial charge in [-0.15, -0.1) is 0 Å². The first-order chi connectivity index (χ1) is 8.83. The predicted molar refractivity (Wildman–Crippen MR) is 80.8 cm³/mol. The Balaban J connectivity index is 1.92. The second-order valence-electron chi connectivity index (χ2n) is 4.63. The summed E-state index contributed by atoms with van der Waals surface area (Å²) < 4.78 is 0.830. The molecular formula is C14H24BrN3. The van der Waals surface area contributed by atoms with Crippen LogP contribution in [-0.4, -0.2) is 16.5 Å². The Hall–Kier alpha value is -0.640. The third-order valence-electron chi connectivity index (χ3n) is 2.97. The molecular weight excluding hydrogens is 290 g/mol. The SMILES string of the molecule is CCCCCCCCCCNc1cc(Br)ncn1. The molecule has 102 valence electrons. The predicted octanol–water partition coefficient (Wildman–Crippen LogP) is 4.79. The van der Waals surface area contributed by atoms with Gasteiger partial charge in [-0.1, -0.05) is 51.9 Å². The second-order valence-corrected chi connectivity index (χ2v) is 5.44. The molecule has 0 saturated heterocycles. The molecule has 0 aromatic carbocycles. The van der Waals surface area contributed by atoms with Gasteiger partial charge in [-0.2, -0.15) is 0 Å². The Morgan fingerprint density at radius 3 is 2.33 bits per heavy atom. The largest absolute Gasteiger partial charge is 0.370 e. The van der Waals surface area contributed by atoms with Gasteiger partial charge in [-0.25, -0.2) is 9.97 Å². The lowest BCUT2D eigenvalue weighted by Crippen LogP contribution is -2.03. The molecule has 0 atom stereocenters. The van der Waals surface area contributed by atoms with Crippen LogP contribution in [0.5, 0.6) is 0 Å². The Bertz CT molecular complexity index is 318. The number of unbranched alkanes of at least 4 members (excludes halogenated alkanes) is 7. The van der Waals surface area contributed by atoms with E-state index in [0.717, 1.165) is 17.0 Å². The summed E-state index contributed by atoms with van der Waals surface area (Å²) in [5.41, 5.74) is 0. The van der Waals surface area contributed by atoms with Crippen molar-refractivity contribution in [2.24, 2.45) is 0 Å². The Morgan fingerprint density at radius 1 is 1.00 bits per heavy atom. The minimum Gasteiger partial charge on any atom is -0.370 e. The van der Waals surface area contributed by atoms with Crippen LogP contribution in [0.15, 0.2) is 17.0 Å². The lowest BCUT2D eigenvalue weighted by Gasteiger charge is -2.05. The molecule has 3 nitrogen and oxygen atoms in total. The number of nitrogens with one attached hydrogen (secondary N) is 1. The molecule has 1 aromatic heterocycles. The van der Waals surface area contributed by atoms with E-state index in [1.165, 1.54) is 51.4 Å². The molecule has 1 N–H and O–H groups in total. The molecule has 0 saturated carbocycles. The third-order valence-corrected chi connectivity index (χ3v) is 3.40. The highest BCUT2D eigenvalue weighted by Gasteiger charge is 1.95. The average molecular weight is 314 g/mol. The van der Waals surface area contributed by atoms with Crippen molar-refractivity contribution in [1.29, 1.82) is 0 Å². The third kappa shape index (κ3) is 7.64. The van der Waals surface area contributed by atoms with Gasteiger partial charge in [0.25, 0.3) is 0 Å². The van der Waals surface area contributed by atoms with Crippen LogP contribution in [0.3, 0.4) is 0 Å². The number of halogens is 1. The highest BCUT2D eigenvalue weighted by atomic mass is 79.9. The van der Waals surface area contributed by atoms with Crippen LogP contribution in [0.1, 0.15) is 58.3 Å².